The van der Waals surface area contributed by atoms with Crippen LogP contribution in [0.1, 0.15) is 86.5 Å². The molecule has 6 atom stereocenters. The van der Waals surface area contributed by atoms with Gasteiger partial charge < -0.3 is 0 Å². The quantitative estimate of drug-likeness (QED) is 0.432. The van der Waals surface area contributed by atoms with Gasteiger partial charge in [0.05, 0.1) is 0 Å². The van der Waals surface area contributed by atoms with Crippen LogP contribution in [0.3, 0.4) is 0 Å². The Hall–Kier alpha value is -1.04. The summed E-state index contributed by atoms with van der Waals surface area (Å²) < 4.78 is 0. The fraction of sp³-hybridized carbons (Fsp3) is 0.714. The Balaban J connectivity index is 1.60. The SMILES string of the molecule is CC(C)[C@@H](C)/C=C/[C@@H](C)[C@H]1CC[C@H]2C3=CC=C4CCCC[C@]4(C)C3=CC[C@]12C. The number of hydrogen-bond donors (Lipinski definition) is 0. The molecule has 154 valence electrons. The second-order valence-corrected chi connectivity index (χ2v) is 11.3. The van der Waals surface area contributed by atoms with E-state index in [1.54, 1.807) is 16.7 Å². The molecule has 0 nitrogen and oxygen atoms in total. The lowest BCUT2D eigenvalue weighted by atomic mass is 9.54. The molecular formula is C28H42. The van der Waals surface area contributed by atoms with E-state index in [-0.39, 0.29) is 0 Å². The molecule has 0 amide bonds. The first-order valence-corrected chi connectivity index (χ1v) is 12.1. The Morgan fingerprint density at radius 2 is 1.79 bits per heavy atom. The molecule has 0 unspecified atom stereocenters. The number of allylic oxidation sites excluding steroid dienone is 8. The molecule has 0 heterocycles. The zero-order valence-corrected chi connectivity index (χ0v) is 19.2. The molecule has 0 radical (unpaired) electrons. The lowest BCUT2D eigenvalue weighted by Gasteiger charge is -2.50. The number of fused-ring (bicyclic) bond motifs is 5. The van der Waals surface area contributed by atoms with E-state index in [0.29, 0.717) is 22.7 Å². The Bertz CT molecular complexity index is 729. The molecule has 0 spiro atoms. The fourth-order valence-corrected chi connectivity index (χ4v) is 7.01. The van der Waals surface area contributed by atoms with E-state index in [4.69, 9.17) is 0 Å². The Morgan fingerprint density at radius 1 is 1.00 bits per heavy atom. The standard InChI is InChI=1S/C28H42/c1-19(2)20(3)10-11-21(4)24-14-15-25-23-13-12-22-9-7-8-17-27(22,5)26(23)16-18-28(24,25)6/h10-13,16,19-21,24-25H,7-9,14-15,17-18H2,1-6H3/b11-10+/t20-,21+,24+,25-,27-,28+/m0/s1. The van der Waals surface area contributed by atoms with E-state index in [2.05, 4.69) is 71.9 Å². The molecular weight excluding hydrogens is 336 g/mol. The topological polar surface area (TPSA) is 0 Å². The summed E-state index contributed by atoms with van der Waals surface area (Å²) in [6.45, 7) is 14.7. The number of hydrogen-bond acceptors (Lipinski definition) is 0. The molecule has 0 aromatic rings. The van der Waals surface area contributed by atoms with Gasteiger partial charge in [-0.15, -0.1) is 0 Å². The molecule has 0 aromatic carbocycles. The molecule has 0 aliphatic heterocycles. The average molecular weight is 379 g/mol. The lowest BCUT2D eigenvalue weighted by molar-refractivity contribution is 0.141. The minimum Gasteiger partial charge on any atom is -0.0852 e. The summed E-state index contributed by atoms with van der Waals surface area (Å²) in [6.07, 6.45) is 22.3. The van der Waals surface area contributed by atoms with Gasteiger partial charge in [0.15, 0.2) is 0 Å². The summed E-state index contributed by atoms with van der Waals surface area (Å²) in [5, 5.41) is 0. The van der Waals surface area contributed by atoms with Crippen molar-refractivity contribution in [3.8, 4) is 0 Å². The second kappa shape index (κ2) is 7.33. The van der Waals surface area contributed by atoms with Crippen LogP contribution in [-0.2, 0) is 0 Å². The Kier molecular flexibility index (Phi) is 5.30. The second-order valence-electron chi connectivity index (χ2n) is 11.3. The Morgan fingerprint density at radius 3 is 2.54 bits per heavy atom. The lowest BCUT2D eigenvalue weighted by Crippen LogP contribution is -2.39. The predicted molar refractivity (Wildman–Crippen MR) is 122 cm³/mol. The van der Waals surface area contributed by atoms with Crippen LogP contribution >= 0.6 is 0 Å². The molecule has 28 heavy (non-hydrogen) atoms. The summed E-state index contributed by atoms with van der Waals surface area (Å²) in [5.74, 6) is 3.69. The maximum atomic E-state index is 2.69. The van der Waals surface area contributed by atoms with Gasteiger partial charge >= 0.3 is 0 Å². The summed E-state index contributed by atoms with van der Waals surface area (Å²) in [4.78, 5) is 0. The number of rotatable bonds is 4. The van der Waals surface area contributed by atoms with Crippen LogP contribution in [0.25, 0.3) is 0 Å². The molecule has 0 bridgehead atoms. The normalized spacial score (nSPS) is 39.6. The van der Waals surface area contributed by atoms with Crippen molar-refractivity contribution in [3.63, 3.8) is 0 Å². The van der Waals surface area contributed by atoms with Crippen LogP contribution < -0.4 is 0 Å². The van der Waals surface area contributed by atoms with Crippen LogP contribution in [0.15, 0.2) is 47.1 Å². The maximum absolute atomic E-state index is 2.69. The average Bonchev–Trinajstić information content (AvgIpc) is 3.02. The zero-order chi connectivity index (χ0) is 20.1. The molecule has 4 aliphatic carbocycles. The van der Waals surface area contributed by atoms with Crippen molar-refractivity contribution in [1.82, 2.24) is 0 Å². The third kappa shape index (κ3) is 3.10. The van der Waals surface area contributed by atoms with Gasteiger partial charge in [0.25, 0.3) is 0 Å². The molecule has 0 aromatic heterocycles. The molecule has 2 fully saturated rings. The van der Waals surface area contributed by atoms with E-state index in [1.165, 1.54) is 44.9 Å². The predicted octanol–water partition coefficient (Wildman–Crippen LogP) is 8.28. The van der Waals surface area contributed by atoms with E-state index >= 15 is 0 Å². The zero-order valence-electron chi connectivity index (χ0n) is 19.2. The summed E-state index contributed by atoms with van der Waals surface area (Å²) in [7, 11) is 0. The van der Waals surface area contributed by atoms with Gasteiger partial charge in [-0.2, -0.15) is 0 Å². The minimum absolute atomic E-state index is 0.347. The highest BCUT2D eigenvalue weighted by molar-refractivity contribution is 5.53. The van der Waals surface area contributed by atoms with Gasteiger partial charge in [0, 0.05) is 5.41 Å². The molecule has 0 N–H and O–H groups in total. The maximum Gasteiger partial charge on any atom is 0.0136 e. The first kappa shape index (κ1) is 20.2. The highest BCUT2D eigenvalue weighted by Crippen LogP contribution is 2.63. The van der Waals surface area contributed by atoms with Gasteiger partial charge in [-0.3, -0.25) is 0 Å². The summed E-state index contributed by atoms with van der Waals surface area (Å²) in [5.41, 5.74) is 5.95. The molecule has 4 aliphatic rings. The van der Waals surface area contributed by atoms with E-state index < -0.39 is 0 Å². The highest BCUT2D eigenvalue weighted by atomic mass is 14.6. The van der Waals surface area contributed by atoms with Crippen LogP contribution in [0.5, 0.6) is 0 Å². The van der Waals surface area contributed by atoms with Crippen molar-refractivity contribution < 1.29 is 0 Å². The molecule has 2 saturated carbocycles. The van der Waals surface area contributed by atoms with Crippen molar-refractivity contribution in [2.75, 3.05) is 0 Å². The van der Waals surface area contributed by atoms with Gasteiger partial charge in [0.1, 0.15) is 0 Å². The van der Waals surface area contributed by atoms with E-state index in [9.17, 15) is 0 Å². The van der Waals surface area contributed by atoms with Crippen LogP contribution in [-0.4, -0.2) is 0 Å². The Labute approximate surface area is 174 Å². The molecule has 0 heteroatoms. The van der Waals surface area contributed by atoms with Crippen molar-refractivity contribution in [2.24, 2.45) is 40.4 Å². The van der Waals surface area contributed by atoms with Gasteiger partial charge in [-0.25, -0.2) is 0 Å². The van der Waals surface area contributed by atoms with E-state index in [1.807, 2.05) is 0 Å². The van der Waals surface area contributed by atoms with Crippen molar-refractivity contribution in [3.05, 3.63) is 47.1 Å². The van der Waals surface area contributed by atoms with Crippen LogP contribution in [0.2, 0.25) is 0 Å². The summed E-state index contributed by atoms with van der Waals surface area (Å²) >= 11 is 0. The van der Waals surface area contributed by atoms with Crippen molar-refractivity contribution >= 4 is 0 Å². The van der Waals surface area contributed by atoms with Crippen LogP contribution in [0, 0.1) is 40.4 Å². The summed E-state index contributed by atoms with van der Waals surface area (Å²) in [6, 6.07) is 0. The highest BCUT2D eigenvalue weighted by Gasteiger charge is 2.53. The fourth-order valence-electron chi connectivity index (χ4n) is 7.01. The monoisotopic (exact) mass is 378 g/mol. The minimum atomic E-state index is 0.347. The van der Waals surface area contributed by atoms with Crippen molar-refractivity contribution in [2.45, 2.75) is 86.5 Å². The molecule has 0 saturated heterocycles. The van der Waals surface area contributed by atoms with Crippen LogP contribution in [0.4, 0.5) is 0 Å². The van der Waals surface area contributed by atoms with Gasteiger partial charge in [-0.05, 0) is 84.7 Å². The smallest absolute Gasteiger partial charge is 0.0136 e. The molecule has 4 rings (SSSR count). The first-order valence-electron chi connectivity index (χ1n) is 12.1. The van der Waals surface area contributed by atoms with Gasteiger partial charge in [0.2, 0.25) is 0 Å². The van der Waals surface area contributed by atoms with Crippen molar-refractivity contribution in [1.29, 1.82) is 0 Å². The third-order valence-corrected chi connectivity index (χ3v) is 9.39. The third-order valence-electron chi connectivity index (χ3n) is 9.39. The van der Waals surface area contributed by atoms with Gasteiger partial charge in [-0.1, -0.05) is 83.9 Å². The first-order chi connectivity index (χ1) is 13.3. The largest absolute Gasteiger partial charge is 0.0852 e. The van der Waals surface area contributed by atoms with E-state index in [0.717, 1.165) is 17.8 Å².